The lowest BCUT2D eigenvalue weighted by Crippen LogP contribution is -2.44. The van der Waals surface area contributed by atoms with Gasteiger partial charge in [0.2, 0.25) is 5.91 Å². The molecule has 1 aliphatic rings. The Morgan fingerprint density at radius 2 is 1.88 bits per heavy atom. The molecule has 3 aromatic rings. The SMILES string of the molecule is COc1ccc(C2(CNC(=O)CCc3c(C)c4ccc(O)cc4oc3=O)CCOCC2)cc1. The predicted molar refractivity (Wildman–Crippen MR) is 125 cm³/mol. The Balaban J connectivity index is 1.45. The molecule has 0 unspecified atom stereocenters. The summed E-state index contributed by atoms with van der Waals surface area (Å²) in [7, 11) is 1.64. The Morgan fingerprint density at radius 1 is 1.15 bits per heavy atom. The van der Waals surface area contributed by atoms with Gasteiger partial charge in [-0.05, 0) is 61.6 Å². The van der Waals surface area contributed by atoms with Gasteiger partial charge in [-0.2, -0.15) is 0 Å². The molecule has 7 heteroatoms. The highest BCUT2D eigenvalue weighted by Crippen LogP contribution is 2.35. The van der Waals surface area contributed by atoms with Crippen LogP contribution in [0.1, 0.15) is 36.0 Å². The molecule has 33 heavy (non-hydrogen) atoms. The second-order valence-corrected chi connectivity index (χ2v) is 8.57. The number of aryl methyl sites for hydroxylation is 1. The molecule has 0 spiro atoms. The van der Waals surface area contributed by atoms with Crippen LogP contribution < -0.4 is 15.7 Å². The Morgan fingerprint density at radius 3 is 2.58 bits per heavy atom. The summed E-state index contributed by atoms with van der Waals surface area (Å²) >= 11 is 0. The number of phenolic OH excluding ortho intramolecular Hbond substituents is 1. The van der Waals surface area contributed by atoms with E-state index in [1.54, 1.807) is 19.2 Å². The van der Waals surface area contributed by atoms with Crippen LogP contribution in [0.4, 0.5) is 0 Å². The van der Waals surface area contributed by atoms with Crippen molar-refractivity contribution in [2.75, 3.05) is 26.9 Å². The maximum atomic E-state index is 12.7. The lowest BCUT2D eigenvalue weighted by Gasteiger charge is -2.38. The molecule has 1 aliphatic heterocycles. The van der Waals surface area contributed by atoms with Crippen molar-refractivity contribution in [1.82, 2.24) is 5.32 Å². The fourth-order valence-electron chi connectivity index (χ4n) is 4.54. The number of ether oxygens (including phenoxy) is 2. The molecule has 1 saturated heterocycles. The van der Waals surface area contributed by atoms with Crippen molar-refractivity contribution >= 4 is 16.9 Å². The van der Waals surface area contributed by atoms with E-state index < -0.39 is 5.63 Å². The van der Waals surface area contributed by atoms with Crippen molar-refractivity contribution in [3.8, 4) is 11.5 Å². The van der Waals surface area contributed by atoms with E-state index in [2.05, 4.69) is 17.4 Å². The topological polar surface area (TPSA) is 98.0 Å². The van der Waals surface area contributed by atoms with Crippen LogP contribution in [0.5, 0.6) is 11.5 Å². The number of carbonyl (C=O) groups excluding carboxylic acids is 1. The number of phenols is 1. The first kappa shape index (κ1) is 22.9. The molecule has 174 valence electrons. The zero-order valence-electron chi connectivity index (χ0n) is 19.0. The molecule has 0 bridgehead atoms. The number of fused-ring (bicyclic) bond motifs is 1. The first-order chi connectivity index (χ1) is 15.9. The summed E-state index contributed by atoms with van der Waals surface area (Å²) in [6.45, 7) is 3.64. The summed E-state index contributed by atoms with van der Waals surface area (Å²) in [4.78, 5) is 25.2. The second kappa shape index (κ2) is 9.67. The van der Waals surface area contributed by atoms with Crippen molar-refractivity contribution in [3.63, 3.8) is 0 Å². The van der Waals surface area contributed by atoms with E-state index in [1.165, 1.54) is 6.07 Å². The summed E-state index contributed by atoms with van der Waals surface area (Å²) in [5.74, 6) is 0.722. The highest BCUT2D eigenvalue weighted by molar-refractivity contribution is 5.82. The number of nitrogens with one attached hydrogen (secondary N) is 1. The van der Waals surface area contributed by atoms with E-state index in [0.717, 1.165) is 35.1 Å². The predicted octanol–water partition coefficient (Wildman–Crippen LogP) is 3.61. The molecule has 4 rings (SSSR count). The van der Waals surface area contributed by atoms with E-state index in [0.29, 0.717) is 30.9 Å². The first-order valence-corrected chi connectivity index (χ1v) is 11.2. The monoisotopic (exact) mass is 451 g/mol. The van der Waals surface area contributed by atoms with E-state index in [4.69, 9.17) is 13.9 Å². The van der Waals surface area contributed by atoms with Crippen molar-refractivity contribution in [1.29, 1.82) is 0 Å². The molecular weight excluding hydrogens is 422 g/mol. The highest BCUT2D eigenvalue weighted by Gasteiger charge is 2.34. The first-order valence-electron chi connectivity index (χ1n) is 11.2. The van der Waals surface area contributed by atoms with Gasteiger partial charge in [-0.25, -0.2) is 4.79 Å². The molecule has 0 aliphatic carbocycles. The van der Waals surface area contributed by atoms with Crippen molar-refractivity contribution in [2.24, 2.45) is 0 Å². The quantitative estimate of drug-likeness (QED) is 0.533. The number of rotatable bonds is 7. The zero-order valence-corrected chi connectivity index (χ0v) is 19.0. The second-order valence-electron chi connectivity index (χ2n) is 8.57. The van der Waals surface area contributed by atoms with Crippen molar-refractivity contribution < 1.29 is 23.8 Å². The largest absolute Gasteiger partial charge is 0.508 e. The van der Waals surface area contributed by atoms with E-state index in [-0.39, 0.29) is 29.9 Å². The van der Waals surface area contributed by atoms with E-state index >= 15 is 0 Å². The minimum absolute atomic E-state index is 0.0380. The summed E-state index contributed by atoms with van der Waals surface area (Å²) in [6.07, 6.45) is 2.11. The lowest BCUT2D eigenvalue weighted by molar-refractivity contribution is -0.121. The lowest BCUT2D eigenvalue weighted by atomic mass is 9.74. The zero-order chi connectivity index (χ0) is 23.4. The van der Waals surface area contributed by atoms with E-state index in [1.807, 2.05) is 19.1 Å². The van der Waals surface area contributed by atoms with Gasteiger partial charge < -0.3 is 24.3 Å². The van der Waals surface area contributed by atoms with Crippen LogP contribution in [0.25, 0.3) is 11.0 Å². The van der Waals surface area contributed by atoms with Gasteiger partial charge in [-0.15, -0.1) is 0 Å². The Kier molecular flexibility index (Phi) is 6.70. The highest BCUT2D eigenvalue weighted by atomic mass is 16.5. The molecular formula is C26H29NO6. The number of hydrogen-bond acceptors (Lipinski definition) is 6. The number of carbonyl (C=O) groups is 1. The normalized spacial score (nSPS) is 15.3. The van der Waals surface area contributed by atoms with Gasteiger partial charge in [0.25, 0.3) is 0 Å². The molecule has 0 atom stereocenters. The summed E-state index contributed by atoms with van der Waals surface area (Å²) in [5.41, 5.74) is 2.08. The average Bonchev–Trinajstić information content (AvgIpc) is 2.83. The molecule has 1 fully saturated rings. The maximum Gasteiger partial charge on any atom is 0.339 e. The molecule has 2 N–H and O–H groups in total. The van der Waals surface area contributed by atoms with Crippen molar-refractivity contribution in [2.45, 2.75) is 38.0 Å². The summed E-state index contributed by atoms with van der Waals surface area (Å²) < 4.78 is 16.2. The fourth-order valence-corrected chi connectivity index (χ4v) is 4.54. The number of aromatic hydroxyl groups is 1. The summed E-state index contributed by atoms with van der Waals surface area (Å²) in [5, 5.41) is 13.5. The van der Waals surface area contributed by atoms with Gasteiger partial charge in [-0.3, -0.25) is 4.79 Å². The minimum atomic E-state index is -0.475. The van der Waals surface area contributed by atoms with Crippen LogP contribution in [0.2, 0.25) is 0 Å². The van der Waals surface area contributed by atoms with Gasteiger partial charge in [0.15, 0.2) is 0 Å². The van der Waals surface area contributed by atoms with Gasteiger partial charge in [0.1, 0.15) is 17.1 Å². The number of methoxy groups -OCH3 is 1. The summed E-state index contributed by atoms with van der Waals surface area (Å²) in [6, 6.07) is 12.7. The van der Waals surface area contributed by atoms with Crippen LogP contribution in [-0.2, 0) is 21.4 Å². The Labute approximate surface area is 192 Å². The molecule has 0 saturated carbocycles. The van der Waals surface area contributed by atoms with Crippen LogP contribution in [0.15, 0.2) is 51.7 Å². The number of hydrogen-bond donors (Lipinski definition) is 2. The molecule has 2 heterocycles. The van der Waals surface area contributed by atoms with Crippen LogP contribution in [0, 0.1) is 6.92 Å². The Bertz CT molecular complexity index is 1190. The van der Waals surface area contributed by atoms with Gasteiger partial charge in [-0.1, -0.05) is 12.1 Å². The molecule has 1 amide bonds. The average molecular weight is 452 g/mol. The maximum absolute atomic E-state index is 12.7. The third-order valence-corrected chi connectivity index (χ3v) is 6.65. The van der Waals surface area contributed by atoms with Gasteiger partial charge >= 0.3 is 5.63 Å². The standard InChI is InChI=1S/C26H29NO6/c1-17-21-8-5-19(28)15-23(21)33-25(30)22(17)9-10-24(29)27-16-26(11-13-32-14-12-26)18-3-6-20(31-2)7-4-18/h3-8,15,28H,9-14,16H2,1-2H3,(H,27,29). The number of amides is 1. The fraction of sp³-hybridized carbons (Fsp3) is 0.385. The van der Waals surface area contributed by atoms with Crippen LogP contribution >= 0.6 is 0 Å². The van der Waals surface area contributed by atoms with Gasteiger partial charge in [0, 0.05) is 48.6 Å². The molecule has 7 nitrogen and oxygen atoms in total. The van der Waals surface area contributed by atoms with Crippen LogP contribution in [0.3, 0.4) is 0 Å². The Hall–Kier alpha value is -3.32. The number of benzene rings is 2. The molecule has 2 aromatic carbocycles. The third-order valence-electron chi connectivity index (χ3n) is 6.65. The molecule has 0 radical (unpaired) electrons. The van der Waals surface area contributed by atoms with Gasteiger partial charge in [0.05, 0.1) is 7.11 Å². The third kappa shape index (κ3) is 4.88. The van der Waals surface area contributed by atoms with Crippen molar-refractivity contribution in [3.05, 3.63) is 69.6 Å². The van der Waals surface area contributed by atoms with E-state index in [9.17, 15) is 14.7 Å². The smallest absolute Gasteiger partial charge is 0.339 e. The van der Waals surface area contributed by atoms with Crippen LogP contribution in [-0.4, -0.2) is 37.9 Å². The molecule has 1 aromatic heterocycles. The minimum Gasteiger partial charge on any atom is -0.508 e.